The van der Waals surface area contributed by atoms with Gasteiger partial charge in [-0.05, 0) is 32.0 Å². The standard InChI is InChI=1S/C23H31N7O4/c1-14-13-24-10-11-30(14)22(33)28-19-12-16(8-9-25-19)34-17-6-7-18(26-15(17)2)27-21(32)29-20(31)23(3,4)5/h6-9,12,14,24H,10-11,13H2,1-5H3,(H,25,28,33)(H2,26,27,29,31,32). The highest BCUT2D eigenvalue weighted by Crippen LogP contribution is 2.26. The van der Waals surface area contributed by atoms with Gasteiger partial charge in [0.05, 0.1) is 5.69 Å². The van der Waals surface area contributed by atoms with Gasteiger partial charge in [-0.3, -0.25) is 20.7 Å². The van der Waals surface area contributed by atoms with Crippen molar-refractivity contribution in [2.45, 2.75) is 40.7 Å². The summed E-state index contributed by atoms with van der Waals surface area (Å²) >= 11 is 0. The average Bonchev–Trinajstić information content (AvgIpc) is 2.75. The Balaban J connectivity index is 1.62. The molecule has 0 aliphatic carbocycles. The molecule has 2 aromatic heterocycles. The van der Waals surface area contributed by atoms with Crippen LogP contribution in [0.25, 0.3) is 0 Å². The molecular weight excluding hydrogens is 438 g/mol. The number of piperazine rings is 1. The van der Waals surface area contributed by atoms with E-state index in [2.05, 4.69) is 31.2 Å². The lowest BCUT2D eigenvalue weighted by molar-refractivity contribution is -0.127. The number of nitrogens with one attached hydrogen (secondary N) is 4. The van der Waals surface area contributed by atoms with Crippen LogP contribution in [0, 0.1) is 12.3 Å². The number of urea groups is 2. The number of anilines is 2. The van der Waals surface area contributed by atoms with Crippen LogP contribution in [-0.4, -0.2) is 58.5 Å². The molecule has 0 aromatic carbocycles. The quantitative estimate of drug-likeness (QED) is 0.540. The Morgan fingerprint density at radius 2 is 1.91 bits per heavy atom. The Kier molecular flexibility index (Phi) is 7.67. The first-order chi connectivity index (χ1) is 16.0. The molecule has 0 saturated carbocycles. The Hall–Kier alpha value is -3.73. The molecule has 1 fully saturated rings. The zero-order valence-electron chi connectivity index (χ0n) is 20.1. The molecule has 11 heteroatoms. The number of hydrogen-bond donors (Lipinski definition) is 4. The summed E-state index contributed by atoms with van der Waals surface area (Å²) in [5.41, 5.74) is -0.165. The summed E-state index contributed by atoms with van der Waals surface area (Å²) in [6.45, 7) is 11.0. The van der Waals surface area contributed by atoms with E-state index in [9.17, 15) is 14.4 Å². The first-order valence-corrected chi connectivity index (χ1v) is 11.1. The molecule has 1 aliphatic rings. The average molecular weight is 470 g/mol. The number of aryl methyl sites for hydroxylation is 1. The number of carbonyl (C=O) groups excluding carboxylic acids is 3. The third-order valence-corrected chi connectivity index (χ3v) is 5.14. The summed E-state index contributed by atoms with van der Waals surface area (Å²) in [7, 11) is 0. The third-order valence-electron chi connectivity index (χ3n) is 5.14. The van der Waals surface area contributed by atoms with Crippen molar-refractivity contribution in [3.05, 3.63) is 36.2 Å². The van der Waals surface area contributed by atoms with Crippen LogP contribution < -0.4 is 26.0 Å². The largest absolute Gasteiger partial charge is 0.455 e. The Bertz CT molecular complexity index is 1070. The molecule has 2 aromatic rings. The van der Waals surface area contributed by atoms with Crippen molar-refractivity contribution >= 4 is 29.6 Å². The molecule has 4 N–H and O–H groups in total. The smallest absolute Gasteiger partial charge is 0.327 e. The summed E-state index contributed by atoms with van der Waals surface area (Å²) in [6.07, 6.45) is 1.54. The highest BCUT2D eigenvalue weighted by atomic mass is 16.5. The van der Waals surface area contributed by atoms with Crippen molar-refractivity contribution in [1.82, 2.24) is 25.5 Å². The van der Waals surface area contributed by atoms with Crippen molar-refractivity contribution in [2.75, 3.05) is 30.3 Å². The van der Waals surface area contributed by atoms with Gasteiger partial charge < -0.3 is 15.0 Å². The van der Waals surface area contributed by atoms with Gasteiger partial charge in [-0.15, -0.1) is 0 Å². The molecule has 0 bridgehead atoms. The normalized spacial score (nSPS) is 15.9. The van der Waals surface area contributed by atoms with Gasteiger partial charge >= 0.3 is 12.1 Å². The molecule has 1 unspecified atom stereocenters. The second-order valence-corrected chi connectivity index (χ2v) is 9.09. The molecule has 1 atom stereocenters. The summed E-state index contributed by atoms with van der Waals surface area (Å²) in [5, 5.41) is 10.9. The van der Waals surface area contributed by atoms with E-state index >= 15 is 0 Å². The first-order valence-electron chi connectivity index (χ1n) is 11.1. The van der Waals surface area contributed by atoms with Gasteiger partial charge in [0.15, 0.2) is 0 Å². The van der Waals surface area contributed by atoms with Crippen LogP contribution in [0.15, 0.2) is 30.5 Å². The van der Waals surface area contributed by atoms with E-state index in [1.54, 1.807) is 63.1 Å². The molecule has 5 amide bonds. The zero-order chi connectivity index (χ0) is 24.9. The van der Waals surface area contributed by atoms with Crippen molar-refractivity contribution in [1.29, 1.82) is 0 Å². The third kappa shape index (κ3) is 6.64. The van der Waals surface area contributed by atoms with Crippen LogP contribution >= 0.6 is 0 Å². The zero-order valence-corrected chi connectivity index (χ0v) is 20.1. The molecule has 1 aliphatic heterocycles. The van der Waals surface area contributed by atoms with Crippen LogP contribution in [0.5, 0.6) is 11.5 Å². The van der Waals surface area contributed by atoms with Gasteiger partial charge in [0.25, 0.3) is 0 Å². The summed E-state index contributed by atoms with van der Waals surface area (Å²) in [5.74, 6) is 1.19. The fourth-order valence-electron chi connectivity index (χ4n) is 3.16. The van der Waals surface area contributed by atoms with Gasteiger partial charge in [-0.2, -0.15) is 0 Å². The second-order valence-electron chi connectivity index (χ2n) is 9.09. The van der Waals surface area contributed by atoms with Gasteiger partial charge in [0.1, 0.15) is 23.1 Å². The first kappa shape index (κ1) is 24.9. The van der Waals surface area contributed by atoms with E-state index in [-0.39, 0.29) is 17.9 Å². The number of amides is 5. The van der Waals surface area contributed by atoms with E-state index in [0.29, 0.717) is 29.6 Å². The van der Waals surface area contributed by atoms with Gasteiger partial charge in [-0.1, -0.05) is 20.8 Å². The topological polar surface area (TPSA) is 138 Å². The van der Waals surface area contributed by atoms with Crippen LogP contribution in [0.2, 0.25) is 0 Å². The van der Waals surface area contributed by atoms with E-state index < -0.39 is 17.4 Å². The van der Waals surface area contributed by atoms with Crippen LogP contribution in [-0.2, 0) is 4.79 Å². The van der Waals surface area contributed by atoms with Crippen LogP contribution in [0.3, 0.4) is 0 Å². The predicted molar refractivity (Wildman–Crippen MR) is 128 cm³/mol. The maximum atomic E-state index is 12.6. The Morgan fingerprint density at radius 1 is 1.15 bits per heavy atom. The molecule has 182 valence electrons. The number of hydrogen-bond acceptors (Lipinski definition) is 7. The number of nitrogens with zero attached hydrogens (tertiary/aromatic N) is 3. The van der Waals surface area contributed by atoms with Crippen molar-refractivity contribution in [2.24, 2.45) is 5.41 Å². The van der Waals surface area contributed by atoms with Gasteiger partial charge in [0, 0.05) is 43.4 Å². The highest BCUT2D eigenvalue weighted by molar-refractivity contribution is 6.02. The maximum Gasteiger partial charge on any atom is 0.327 e. The van der Waals surface area contributed by atoms with Gasteiger partial charge in [-0.25, -0.2) is 19.6 Å². The predicted octanol–water partition coefficient (Wildman–Crippen LogP) is 3.10. The maximum absolute atomic E-state index is 12.6. The minimum absolute atomic E-state index is 0.0858. The molecule has 3 rings (SSSR count). The number of rotatable bonds is 4. The SMILES string of the molecule is Cc1nc(NC(=O)NC(=O)C(C)(C)C)ccc1Oc1ccnc(NC(=O)N2CCNCC2C)c1. The lowest BCUT2D eigenvalue weighted by atomic mass is 9.96. The number of pyridine rings is 2. The van der Waals surface area contributed by atoms with Crippen molar-refractivity contribution < 1.29 is 19.1 Å². The van der Waals surface area contributed by atoms with E-state index in [1.807, 2.05) is 6.92 Å². The molecule has 0 spiro atoms. The summed E-state index contributed by atoms with van der Waals surface area (Å²) in [6, 6.07) is 5.73. The molecular formula is C23H31N7O4. The van der Waals surface area contributed by atoms with Crippen LogP contribution in [0.4, 0.5) is 21.2 Å². The Labute approximate surface area is 198 Å². The monoisotopic (exact) mass is 469 g/mol. The summed E-state index contributed by atoms with van der Waals surface area (Å²) < 4.78 is 5.91. The van der Waals surface area contributed by atoms with E-state index in [1.165, 1.54) is 0 Å². The van der Waals surface area contributed by atoms with E-state index in [0.717, 1.165) is 13.1 Å². The minimum atomic E-state index is -0.690. The van der Waals surface area contributed by atoms with E-state index in [4.69, 9.17) is 4.74 Å². The minimum Gasteiger partial charge on any atom is -0.455 e. The van der Waals surface area contributed by atoms with Crippen molar-refractivity contribution in [3.8, 4) is 11.5 Å². The fourth-order valence-corrected chi connectivity index (χ4v) is 3.16. The van der Waals surface area contributed by atoms with Crippen LogP contribution in [0.1, 0.15) is 33.4 Å². The molecule has 34 heavy (non-hydrogen) atoms. The molecule has 0 radical (unpaired) electrons. The molecule has 3 heterocycles. The highest BCUT2D eigenvalue weighted by Gasteiger charge is 2.24. The second kappa shape index (κ2) is 10.5. The lowest BCUT2D eigenvalue weighted by Gasteiger charge is -2.33. The summed E-state index contributed by atoms with van der Waals surface area (Å²) in [4.78, 5) is 46.9. The Morgan fingerprint density at radius 3 is 2.59 bits per heavy atom. The number of imide groups is 1. The fraction of sp³-hybridized carbons (Fsp3) is 0.435. The van der Waals surface area contributed by atoms with Gasteiger partial charge in [0.2, 0.25) is 5.91 Å². The number of aromatic nitrogens is 2. The number of ether oxygens (including phenoxy) is 1. The lowest BCUT2D eigenvalue weighted by Crippen LogP contribution is -2.53. The number of carbonyl (C=O) groups is 3. The van der Waals surface area contributed by atoms with Crippen molar-refractivity contribution in [3.63, 3.8) is 0 Å². The molecule has 1 saturated heterocycles. The molecule has 11 nitrogen and oxygen atoms in total.